The second kappa shape index (κ2) is 12.2. The Kier molecular flexibility index (Phi) is 9.24. The van der Waals surface area contributed by atoms with E-state index in [2.05, 4.69) is 10.6 Å². The van der Waals surface area contributed by atoms with Gasteiger partial charge in [-0.3, -0.25) is 14.4 Å². The Morgan fingerprint density at radius 1 is 0.973 bits per heavy atom. The quantitative estimate of drug-likeness (QED) is 0.332. The van der Waals surface area contributed by atoms with Gasteiger partial charge < -0.3 is 32.7 Å². The second-order valence-electron chi connectivity index (χ2n) is 9.09. The van der Waals surface area contributed by atoms with E-state index in [1.165, 1.54) is 17.0 Å². The predicted molar refractivity (Wildman–Crippen MR) is 132 cm³/mol. The number of nitrogens with two attached hydrogens (primary N) is 3. The highest BCUT2D eigenvalue weighted by Gasteiger charge is 2.33. The molecule has 0 aliphatic carbocycles. The molecule has 8 N–H and O–H groups in total. The van der Waals surface area contributed by atoms with Gasteiger partial charge >= 0.3 is 6.18 Å². The number of carbonyl (C=O) groups excluding carboxylic acids is 3. The third kappa shape index (κ3) is 8.00. The Bertz CT molecular complexity index is 1090. The van der Waals surface area contributed by atoms with E-state index in [1.54, 1.807) is 0 Å². The molecule has 1 aliphatic heterocycles. The number of aryl methyl sites for hydroxylation is 1. The van der Waals surface area contributed by atoms with Crippen molar-refractivity contribution in [1.29, 1.82) is 0 Å². The number of halogens is 3. The Morgan fingerprint density at radius 3 is 2.24 bits per heavy atom. The van der Waals surface area contributed by atoms with Gasteiger partial charge in [-0.25, -0.2) is 0 Å². The van der Waals surface area contributed by atoms with E-state index in [9.17, 15) is 27.6 Å². The lowest BCUT2D eigenvalue weighted by Crippen LogP contribution is -2.51. The van der Waals surface area contributed by atoms with Gasteiger partial charge in [-0.2, -0.15) is 13.2 Å². The number of alkyl halides is 3. The summed E-state index contributed by atoms with van der Waals surface area (Å²) in [6.07, 6.45) is -4.34. The van der Waals surface area contributed by atoms with Crippen LogP contribution in [0.2, 0.25) is 0 Å². The van der Waals surface area contributed by atoms with Crippen molar-refractivity contribution in [3.63, 3.8) is 0 Å². The van der Waals surface area contributed by atoms with Crippen LogP contribution in [0, 0.1) is 0 Å². The molecule has 4 atom stereocenters. The predicted octanol–water partition coefficient (Wildman–Crippen LogP) is 0.976. The Morgan fingerprint density at radius 2 is 1.62 bits per heavy atom. The summed E-state index contributed by atoms with van der Waals surface area (Å²) in [5.74, 6) is -1.84. The van der Waals surface area contributed by atoms with E-state index in [4.69, 9.17) is 17.2 Å². The summed E-state index contributed by atoms with van der Waals surface area (Å²) >= 11 is 0. The van der Waals surface area contributed by atoms with Gasteiger partial charge in [0.2, 0.25) is 17.7 Å². The van der Waals surface area contributed by atoms with Crippen LogP contribution in [-0.2, 0) is 27.0 Å². The van der Waals surface area contributed by atoms with Gasteiger partial charge in [-0.1, -0.05) is 36.4 Å². The van der Waals surface area contributed by atoms with Crippen LogP contribution in [0.1, 0.15) is 24.0 Å². The summed E-state index contributed by atoms with van der Waals surface area (Å²) in [5, 5.41) is 4.98. The standard InChI is InChI=1S/C25H31F3N6O3/c26-25(27,28)16-7-4-8-17(11-16)32-24(37)21(10-9-15-5-2-1-3-6-15)33-23(36)18(29)12-22(35)34-13-19(30)20(31)14-34/h1-8,11,18-21H,9-10,12-14,29-31H2,(H,32,37)(H,33,36)/t18-,19-,20-,21-/m0/s1. The highest BCUT2D eigenvalue weighted by molar-refractivity contribution is 5.98. The molecular weight excluding hydrogens is 489 g/mol. The molecule has 1 aliphatic rings. The molecule has 2 aromatic rings. The SMILES string of the molecule is N[C@@H](CC(=O)N1C[C@H](N)[C@@H](N)C1)C(=O)N[C@@H](CCc1ccccc1)C(=O)Nc1cccc(C(F)(F)F)c1. The molecule has 1 fully saturated rings. The molecule has 0 bridgehead atoms. The normalized spacial score (nSPS) is 19.2. The van der Waals surface area contributed by atoms with Crippen LogP contribution in [-0.4, -0.2) is 59.9 Å². The summed E-state index contributed by atoms with van der Waals surface area (Å²) in [7, 11) is 0. The van der Waals surface area contributed by atoms with Gasteiger partial charge in [0.05, 0.1) is 18.0 Å². The van der Waals surface area contributed by atoms with Gasteiger partial charge in [0, 0.05) is 30.9 Å². The van der Waals surface area contributed by atoms with Crippen molar-refractivity contribution >= 4 is 23.4 Å². The summed E-state index contributed by atoms with van der Waals surface area (Å²) in [6, 6.07) is 10.3. The summed E-state index contributed by atoms with van der Waals surface area (Å²) < 4.78 is 39.2. The van der Waals surface area contributed by atoms with Crippen molar-refractivity contribution in [3.8, 4) is 0 Å². The fourth-order valence-corrected chi connectivity index (χ4v) is 3.97. The molecular formula is C25H31F3N6O3. The van der Waals surface area contributed by atoms with E-state index in [1.807, 2.05) is 30.3 Å². The van der Waals surface area contributed by atoms with E-state index >= 15 is 0 Å². The average molecular weight is 521 g/mol. The molecule has 0 radical (unpaired) electrons. The molecule has 37 heavy (non-hydrogen) atoms. The zero-order chi connectivity index (χ0) is 27.2. The van der Waals surface area contributed by atoms with Gasteiger partial charge in [0.15, 0.2) is 0 Å². The van der Waals surface area contributed by atoms with Crippen molar-refractivity contribution in [2.45, 2.75) is 49.6 Å². The number of anilines is 1. The van der Waals surface area contributed by atoms with Crippen LogP contribution in [0.25, 0.3) is 0 Å². The van der Waals surface area contributed by atoms with Gasteiger partial charge in [0.25, 0.3) is 0 Å². The highest BCUT2D eigenvalue weighted by Crippen LogP contribution is 2.30. The van der Waals surface area contributed by atoms with Gasteiger partial charge in [-0.15, -0.1) is 0 Å². The van der Waals surface area contributed by atoms with Gasteiger partial charge in [0.1, 0.15) is 6.04 Å². The third-order valence-corrected chi connectivity index (χ3v) is 6.15. The first-order valence-electron chi connectivity index (χ1n) is 11.8. The van der Waals surface area contributed by atoms with Crippen LogP contribution in [0.15, 0.2) is 54.6 Å². The Hall–Kier alpha value is -3.48. The first-order valence-corrected chi connectivity index (χ1v) is 11.8. The van der Waals surface area contributed by atoms with Crippen LogP contribution in [0.5, 0.6) is 0 Å². The summed E-state index contributed by atoms with van der Waals surface area (Å²) in [6.45, 7) is 0.515. The van der Waals surface area contributed by atoms with Crippen LogP contribution < -0.4 is 27.8 Å². The maximum atomic E-state index is 13.1. The Labute approximate surface area is 212 Å². The van der Waals surface area contributed by atoms with E-state index in [0.29, 0.717) is 6.42 Å². The van der Waals surface area contributed by atoms with Crippen molar-refractivity contribution in [2.24, 2.45) is 17.2 Å². The molecule has 3 amide bonds. The van der Waals surface area contributed by atoms with Gasteiger partial charge in [-0.05, 0) is 36.6 Å². The van der Waals surface area contributed by atoms with Crippen molar-refractivity contribution < 1.29 is 27.6 Å². The zero-order valence-corrected chi connectivity index (χ0v) is 20.1. The highest BCUT2D eigenvalue weighted by atomic mass is 19.4. The van der Waals surface area contributed by atoms with Crippen molar-refractivity contribution in [2.75, 3.05) is 18.4 Å². The molecule has 1 saturated heterocycles. The monoisotopic (exact) mass is 520 g/mol. The number of rotatable bonds is 9. The van der Waals surface area contributed by atoms with Crippen LogP contribution in [0.3, 0.4) is 0 Å². The molecule has 0 unspecified atom stereocenters. The largest absolute Gasteiger partial charge is 0.416 e. The van der Waals surface area contributed by atoms with Crippen molar-refractivity contribution in [3.05, 3.63) is 65.7 Å². The first kappa shape index (κ1) is 28.1. The fraction of sp³-hybridized carbons (Fsp3) is 0.400. The number of nitrogens with zero attached hydrogens (tertiary/aromatic N) is 1. The molecule has 0 spiro atoms. The Balaban J connectivity index is 1.67. The third-order valence-electron chi connectivity index (χ3n) is 6.15. The van der Waals surface area contributed by atoms with E-state index < -0.39 is 35.6 Å². The number of hydrogen-bond acceptors (Lipinski definition) is 6. The fourth-order valence-electron chi connectivity index (χ4n) is 3.97. The van der Waals surface area contributed by atoms with Crippen molar-refractivity contribution in [1.82, 2.24) is 10.2 Å². The number of carbonyl (C=O) groups is 3. The number of nitrogens with one attached hydrogen (secondary N) is 2. The lowest BCUT2D eigenvalue weighted by atomic mass is 10.0. The smallest absolute Gasteiger partial charge is 0.343 e. The van der Waals surface area contributed by atoms with E-state index in [0.717, 1.165) is 17.7 Å². The average Bonchev–Trinajstić information content (AvgIpc) is 3.20. The maximum Gasteiger partial charge on any atom is 0.416 e. The molecule has 0 saturated carbocycles. The summed E-state index contributed by atoms with van der Waals surface area (Å²) in [5.41, 5.74) is 17.5. The molecule has 0 aromatic heterocycles. The minimum atomic E-state index is -4.58. The minimum absolute atomic E-state index is 0.0695. The lowest BCUT2D eigenvalue weighted by Gasteiger charge is -2.22. The van der Waals surface area contributed by atoms with Crippen LogP contribution >= 0.6 is 0 Å². The van der Waals surface area contributed by atoms with E-state index in [-0.39, 0.29) is 49.6 Å². The molecule has 12 heteroatoms. The maximum absolute atomic E-state index is 13.1. The number of benzene rings is 2. The summed E-state index contributed by atoms with van der Waals surface area (Å²) in [4.78, 5) is 39.8. The zero-order valence-electron chi connectivity index (χ0n) is 20.1. The molecule has 200 valence electrons. The number of likely N-dealkylation sites (tertiary alicyclic amines) is 1. The minimum Gasteiger partial charge on any atom is -0.343 e. The number of amides is 3. The second-order valence-corrected chi connectivity index (χ2v) is 9.09. The molecule has 9 nitrogen and oxygen atoms in total. The number of hydrogen-bond donors (Lipinski definition) is 5. The lowest BCUT2D eigenvalue weighted by molar-refractivity contribution is -0.137. The molecule has 2 aromatic carbocycles. The van der Waals surface area contributed by atoms with Crippen LogP contribution in [0.4, 0.5) is 18.9 Å². The molecule has 3 rings (SSSR count). The molecule has 1 heterocycles. The first-order chi connectivity index (χ1) is 17.4. The topological polar surface area (TPSA) is 157 Å².